The number of aromatic nitrogens is 1. The summed E-state index contributed by atoms with van der Waals surface area (Å²) >= 11 is 1.76. The van der Waals surface area contributed by atoms with Gasteiger partial charge < -0.3 is 10.4 Å². The normalized spacial score (nSPS) is 12.8. The van der Waals surface area contributed by atoms with Crippen LogP contribution in [0.15, 0.2) is 24.3 Å². The minimum Gasteiger partial charge on any atom is -0.392 e. The van der Waals surface area contributed by atoms with Crippen molar-refractivity contribution in [2.75, 3.05) is 13.1 Å². The Kier molecular flexibility index (Phi) is 6.12. The summed E-state index contributed by atoms with van der Waals surface area (Å²) in [6, 6.07) is 8.74. The van der Waals surface area contributed by atoms with Crippen LogP contribution in [0.4, 0.5) is 0 Å². The average Bonchev–Trinajstić information content (AvgIpc) is 2.84. The lowest BCUT2D eigenvalue weighted by Crippen LogP contribution is -2.26. The Bertz CT molecular complexity index is 588. The van der Waals surface area contributed by atoms with Gasteiger partial charge in [0.1, 0.15) is 0 Å². The summed E-state index contributed by atoms with van der Waals surface area (Å²) in [4.78, 5) is 6.05. The van der Waals surface area contributed by atoms with E-state index in [1.807, 2.05) is 0 Å². The monoisotopic (exact) mass is 318 g/mol. The van der Waals surface area contributed by atoms with Gasteiger partial charge in [-0.05, 0) is 25.3 Å². The molecule has 22 heavy (non-hydrogen) atoms. The maximum Gasteiger partial charge on any atom is 0.0948 e. The van der Waals surface area contributed by atoms with Crippen molar-refractivity contribution >= 4 is 11.3 Å². The molecule has 0 radical (unpaired) electrons. The van der Waals surface area contributed by atoms with Gasteiger partial charge in [-0.2, -0.15) is 0 Å². The van der Waals surface area contributed by atoms with E-state index in [0.29, 0.717) is 12.5 Å². The van der Waals surface area contributed by atoms with Crippen molar-refractivity contribution in [1.82, 2.24) is 10.3 Å². The smallest absolute Gasteiger partial charge is 0.0948 e. The molecule has 3 nitrogen and oxygen atoms in total. The SMILES string of the molecule is Cc1sc(CCNCC(C)O)nc1-c1ccc(C(C)C)cc1. The quantitative estimate of drug-likeness (QED) is 0.764. The standard InChI is InChI=1S/C18H26N2OS/c1-12(2)15-5-7-16(8-6-15)18-14(4)22-17(20-18)9-10-19-11-13(3)21/h5-8,12-13,19,21H,9-11H2,1-4H3. The summed E-state index contributed by atoms with van der Waals surface area (Å²) in [5, 5.41) is 13.6. The first kappa shape index (κ1) is 17.1. The van der Waals surface area contributed by atoms with E-state index in [4.69, 9.17) is 4.98 Å². The topological polar surface area (TPSA) is 45.1 Å². The Morgan fingerprint density at radius 3 is 2.45 bits per heavy atom. The third-order valence-corrected chi connectivity index (χ3v) is 4.68. The molecule has 2 N–H and O–H groups in total. The van der Waals surface area contributed by atoms with Gasteiger partial charge in [0.05, 0.1) is 16.8 Å². The number of thiazole rings is 1. The fraction of sp³-hybridized carbons (Fsp3) is 0.500. The van der Waals surface area contributed by atoms with E-state index in [1.54, 1.807) is 18.3 Å². The zero-order valence-corrected chi connectivity index (χ0v) is 14.7. The summed E-state index contributed by atoms with van der Waals surface area (Å²) in [5.74, 6) is 0.557. The Morgan fingerprint density at radius 1 is 1.18 bits per heavy atom. The number of nitrogens with one attached hydrogen (secondary N) is 1. The van der Waals surface area contributed by atoms with Crippen LogP contribution in [-0.4, -0.2) is 29.3 Å². The van der Waals surface area contributed by atoms with E-state index in [0.717, 1.165) is 23.7 Å². The number of rotatable bonds is 7. The number of hydrogen-bond donors (Lipinski definition) is 2. The minimum absolute atomic E-state index is 0.298. The second kappa shape index (κ2) is 7.86. The van der Waals surface area contributed by atoms with Crippen LogP contribution in [0.3, 0.4) is 0 Å². The van der Waals surface area contributed by atoms with Gasteiger partial charge in [-0.25, -0.2) is 4.98 Å². The zero-order valence-electron chi connectivity index (χ0n) is 13.9. The van der Waals surface area contributed by atoms with E-state index >= 15 is 0 Å². The van der Waals surface area contributed by atoms with Crippen LogP contribution in [0.5, 0.6) is 0 Å². The number of aliphatic hydroxyl groups excluding tert-OH is 1. The van der Waals surface area contributed by atoms with Crippen molar-refractivity contribution in [3.05, 3.63) is 39.7 Å². The summed E-state index contributed by atoms with van der Waals surface area (Å²) in [6.07, 6.45) is 0.607. The molecule has 1 atom stereocenters. The van der Waals surface area contributed by atoms with E-state index in [2.05, 4.69) is 50.4 Å². The molecule has 2 rings (SSSR count). The van der Waals surface area contributed by atoms with Crippen LogP contribution in [0.2, 0.25) is 0 Å². The van der Waals surface area contributed by atoms with Gasteiger partial charge >= 0.3 is 0 Å². The Balaban J connectivity index is 2.02. The van der Waals surface area contributed by atoms with Gasteiger partial charge in [-0.1, -0.05) is 38.1 Å². The van der Waals surface area contributed by atoms with E-state index in [9.17, 15) is 5.11 Å². The van der Waals surface area contributed by atoms with Crippen molar-refractivity contribution in [3.8, 4) is 11.3 Å². The van der Waals surface area contributed by atoms with Gasteiger partial charge in [0, 0.05) is 30.0 Å². The molecule has 0 aliphatic rings. The number of hydrogen-bond acceptors (Lipinski definition) is 4. The molecule has 120 valence electrons. The second-order valence-corrected chi connectivity index (χ2v) is 7.38. The molecule has 0 bridgehead atoms. The molecular weight excluding hydrogens is 292 g/mol. The van der Waals surface area contributed by atoms with Crippen molar-refractivity contribution in [3.63, 3.8) is 0 Å². The van der Waals surface area contributed by atoms with Crippen LogP contribution in [0.25, 0.3) is 11.3 Å². The van der Waals surface area contributed by atoms with E-state index in [-0.39, 0.29) is 6.10 Å². The van der Waals surface area contributed by atoms with Crippen molar-refractivity contribution in [2.24, 2.45) is 0 Å². The molecule has 1 aromatic heterocycles. The first-order valence-electron chi connectivity index (χ1n) is 7.92. The van der Waals surface area contributed by atoms with E-state index < -0.39 is 0 Å². The molecule has 0 saturated carbocycles. The Morgan fingerprint density at radius 2 is 1.86 bits per heavy atom. The summed E-state index contributed by atoms with van der Waals surface area (Å²) < 4.78 is 0. The summed E-state index contributed by atoms with van der Waals surface area (Å²) in [5.41, 5.74) is 3.66. The summed E-state index contributed by atoms with van der Waals surface area (Å²) in [6.45, 7) is 9.83. The number of aliphatic hydroxyl groups is 1. The van der Waals surface area contributed by atoms with Gasteiger partial charge in [0.2, 0.25) is 0 Å². The maximum atomic E-state index is 9.23. The molecule has 0 aliphatic heterocycles. The highest BCUT2D eigenvalue weighted by Crippen LogP contribution is 2.28. The van der Waals surface area contributed by atoms with Crippen molar-refractivity contribution in [2.45, 2.75) is 46.1 Å². The van der Waals surface area contributed by atoms with Crippen LogP contribution in [0, 0.1) is 6.92 Å². The Hall–Kier alpha value is -1.23. The highest BCUT2D eigenvalue weighted by molar-refractivity contribution is 7.12. The molecule has 4 heteroatoms. The molecule has 1 unspecified atom stereocenters. The summed E-state index contributed by atoms with van der Waals surface area (Å²) in [7, 11) is 0. The Labute approximate surface area is 137 Å². The fourth-order valence-electron chi connectivity index (χ4n) is 2.36. The highest BCUT2D eigenvalue weighted by atomic mass is 32.1. The first-order chi connectivity index (χ1) is 10.5. The molecule has 0 fully saturated rings. The number of aryl methyl sites for hydroxylation is 1. The van der Waals surface area contributed by atoms with Crippen LogP contribution in [0.1, 0.15) is 42.1 Å². The van der Waals surface area contributed by atoms with Crippen LogP contribution < -0.4 is 5.32 Å². The van der Waals surface area contributed by atoms with Gasteiger partial charge in [-0.3, -0.25) is 0 Å². The fourth-order valence-corrected chi connectivity index (χ4v) is 3.31. The van der Waals surface area contributed by atoms with Gasteiger partial charge in [0.15, 0.2) is 0 Å². The minimum atomic E-state index is -0.298. The number of nitrogens with zero attached hydrogens (tertiary/aromatic N) is 1. The molecule has 0 saturated heterocycles. The molecule has 0 aliphatic carbocycles. The third-order valence-electron chi connectivity index (χ3n) is 3.65. The average molecular weight is 318 g/mol. The lowest BCUT2D eigenvalue weighted by Gasteiger charge is -2.06. The molecular formula is C18H26N2OS. The third kappa shape index (κ3) is 4.63. The van der Waals surface area contributed by atoms with E-state index in [1.165, 1.54) is 16.0 Å². The lowest BCUT2D eigenvalue weighted by atomic mass is 10.0. The molecule has 0 amide bonds. The first-order valence-corrected chi connectivity index (χ1v) is 8.74. The molecule has 2 aromatic rings. The molecule has 1 aromatic carbocycles. The lowest BCUT2D eigenvalue weighted by molar-refractivity contribution is 0.191. The highest BCUT2D eigenvalue weighted by Gasteiger charge is 2.10. The van der Waals surface area contributed by atoms with Crippen LogP contribution in [-0.2, 0) is 6.42 Å². The maximum absolute atomic E-state index is 9.23. The molecule has 0 spiro atoms. The van der Waals surface area contributed by atoms with Crippen molar-refractivity contribution in [1.29, 1.82) is 0 Å². The van der Waals surface area contributed by atoms with Crippen molar-refractivity contribution < 1.29 is 5.11 Å². The molecule has 1 heterocycles. The predicted octanol–water partition coefficient (Wildman–Crippen LogP) is 3.75. The largest absolute Gasteiger partial charge is 0.392 e. The van der Waals surface area contributed by atoms with Gasteiger partial charge in [-0.15, -0.1) is 11.3 Å². The second-order valence-electron chi connectivity index (χ2n) is 6.09. The zero-order chi connectivity index (χ0) is 16.1. The van der Waals surface area contributed by atoms with Gasteiger partial charge in [0.25, 0.3) is 0 Å². The number of benzene rings is 1. The van der Waals surface area contributed by atoms with Crippen LogP contribution >= 0.6 is 11.3 Å². The predicted molar refractivity (Wildman–Crippen MR) is 94.6 cm³/mol.